The Hall–Kier alpha value is -1.00. The van der Waals surface area contributed by atoms with E-state index in [1.807, 2.05) is 19.2 Å². The van der Waals surface area contributed by atoms with Crippen LogP contribution in [0.15, 0.2) is 12.3 Å². The molecule has 0 aromatic carbocycles. The minimum absolute atomic E-state index is 0.629. The molecule has 104 valence electrons. The molecule has 3 rings (SSSR count). The lowest BCUT2D eigenvalue weighted by Crippen LogP contribution is -2.58. The van der Waals surface area contributed by atoms with Crippen LogP contribution in [0, 0.1) is 6.92 Å². The van der Waals surface area contributed by atoms with E-state index in [9.17, 15) is 0 Å². The van der Waals surface area contributed by atoms with Crippen LogP contribution in [0.1, 0.15) is 37.7 Å². The molecule has 19 heavy (non-hydrogen) atoms. The molecule has 1 aromatic rings. The summed E-state index contributed by atoms with van der Waals surface area (Å²) in [6.07, 6.45) is 6.02. The van der Waals surface area contributed by atoms with Gasteiger partial charge >= 0.3 is 0 Å². The number of rotatable bonds is 2. The Balaban J connectivity index is 1.67. The molecule has 4 nitrogen and oxygen atoms in total. The summed E-state index contributed by atoms with van der Waals surface area (Å²) in [6.45, 7) is 8.99. The molecule has 0 bridgehead atoms. The standard InChI is InChI=1S/C15H24N4/c1-12-9-18-8-4-3-5-15(18)11-19(12)10-14-6-7-16-13(2)17-14/h6-7,12,15H,3-5,8-11H2,1-2H3. The van der Waals surface area contributed by atoms with Gasteiger partial charge in [-0.05, 0) is 39.3 Å². The minimum Gasteiger partial charge on any atom is -0.298 e. The molecular formula is C15H24N4. The zero-order chi connectivity index (χ0) is 13.2. The summed E-state index contributed by atoms with van der Waals surface area (Å²) < 4.78 is 0. The van der Waals surface area contributed by atoms with Gasteiger partial charge in [0.05, 0.1) is 5.69 Å². The lowest BCUT2D eigenvalue weighted by molar-refractivity contribution is 0.0104. The van der Waals surface area contributed by atoms with Gasteiger partial charge in [-0.1, -0.05) is 6.42 Å². The molecule has 2 saturated heterocycles. The fourth-order valence-electron chi connectivity index (χ4n) is 3.43. The third kappa shape index (κ3) is 2.95. The summed E-state index contributed by atoms with van der Waals surface area (Å²) in [5, 5.41) is 0. The molecule has 2 aliphatic rings. The topological polar surface area (TPSA) is 32.3 Å². The number of nitrogens with zero attached hydrogens (tertiary/aromatic N) is 4. The van der Waals surface area contributed by atoms with E-state index in [1.54, 1.807) is 0 Å². The smallest absolute Gasteiger partial charge is 0.125 e. The van der Waals surface area contributed by atoms with Gasteiger partial charge in [0.15, 0.2) is 0 Å². The fraction of sp³-hybridized carbons (Fsp3) is 0.733. The second-order valence-electron chi connectivity index (χ2n) is 6.02. The number of aromatic nitrogens is 2. The number of hydrogen-bond acceptors (Lipinski definition) is 4. The Bertz CT molecular complexity index is 434. The van der Waals surface area contributed by atoms with E-state index in [-0.39, 0.29) is 0 Å². The van der Waals surface area contributed by atoms with Crippen LogP contribution in [0.2, 0.25) is 0 Å². The maximum Gasteiger partial charge on any atom is 0.125 e. The quantitative estimate of drug-likeness (QED) is 0.812. The molecule has 0 N–H and O–H groups in total. The van der Waals surface area contributed by atoms with Crippen LogP contribution in [-0.4, -0.2) is 51.5 Å². The van der Waals surface area contributed by atoms with Crippen LogP contribution in [0.5, 0.6) is 0 Å². The third-order valence-electron chi connectivity index (χ3n) is 4.52. The molecule has 4 heteroatoms. The van der Waals surface area contributed by atoms with Crippen molar-refractivity contribution < 1.29 is 0 Å². The zero-order valence-corrected chi connectivity index (χ0v) is 12.0. The fourth-order valence-corrected chi connectivity index (χ4v) is 3.43. The number of aryl methyl sites for hydroxylation is 1. The first-order valence-electron chi connectivity index (χ1n) is 7.49. The van der Waals surface area contributed by atoms with Crippen LogP contribution in [-0.2, 0) is 6.54 Å². The van der Waals surface area contributed by atoms with Gasteiger partial charge < -0.3 is 0 Å². The van der Waals surface area contributed by atoms with Crippen LogP contribution in [0.25, 0.3) is 0 Å². The highest BCUT2D eigenvalue weighted by Gasteiger charge is 2.32. The summed E-state index contributed by atoms with van der Waals surface area (Å²) >= 11 is 0. The average molecular weight is 260 g/mol. The van der Waals surface area contributed by atoms with E-state index < -0.39 is 0 Å². The van der Waals surface area contributed by atoms with Gasteiger partial charge in [0.25, 0.3) is 0 Å². The Labute approximate surface area is 115 Å². The molecule has 0 amide bonds. The number of piperidine rings is 1. The Morgan fingerprint density at radius 2 is 2.21 bits per heavy atom. The SMILES string of the molecule is Cc1nccc(CN2CC3CCCCN3CC2C)n1. The predicted octanol–water partition coefficient (Wildman–Crippen LogP) is 1.84. The Kier molecular flexibility index (Phi) is 3.80. The van der Waals surface area contributed by atoms with Crippen molar-refractivity contribution in [1.29, 1.82) is 0 Å². The molecule has 2 unspecified atom stereocenters. The second-order valence-corrected chi connectivity index (χ2v) is 6.02. The van der Waals surface area contributed by atoms with Gasteiger partial charge in [0.2, 0.25) is 0 Å². The second kappa shape index (κ2) is 5.55. The van der Waals surface area contributed by atoms with E-state index in [0.29, 0.717) is 6.04 Å². The highest BCUT2D eigenvalue weighted by molar-refractivity contribution is 5.03. The average Bonchev–Trinajstić information content (AvgIpc) is 2.40. The number of hydrogen-bond donors (Lipinski definition) is 0. The van der Waals surface area contributed by atoms with Crippen molar-refractivity contribution in [2.45, 2.75) is 51.7 Å². The summed E-state index contributed by atoms with van der Waals surface area (Å²) in [5.41, 5.74) is 1.16. The maximum atomic E-state index is 4.54. The number of piperazine rings is 1. The Morgan fingerprint density at radius 1 is 1.32 bits per heavy atom. The van der Waals surface area contributed by atoms with Crippen LogP contribution < -0.4 is 0 Å². The van der Waals surface area contributed by atoms with Gasteiger partial charge in [-0.15, -0.1) is 0 Å². The first-order chi connectivity index (χ1) is 9.22. The largest absolute Gasteiger partial charge is 0.298 e. The van der Waals surface area contributed by atoms with E-state index in [0.717, 1.165) is 24.1 Å². The molecule has 0 spiro atoms. The van der Waals surface area contributed by atoms with E-state index in [2.05, 4.69) is 26.7 Å². The molecular weight excluding hydrogens is 236 g/mol. The van der Waals surface area contributed by atoms with Crippen LogP contribution >= 0.6 is 0 Å². The monoisotopic (exact) mass is 260 g/mol. The van der Waals surface area contributed by atoms with Crippen LogP contribution in [0.3, 0.4) is 0 Å². The molecule has 0 saturated carbocycles. The maximum absolute atomic E-state index is 4.54. The molecule has 3 heterocycles. The van der Waals surface area contributed by atoms with E-state index in [1.165, 1.54) is 38.9 Å². The summed E-state index contributed by atoms with van der Waals surface area (Å²) in [4.78, 5) is 14.0. The molecule has 2 atom stereocenters. The highest BCUT2D eigenvalue weighted by Crippen LogP contribution is 2.24. The van der Waals surface area contributed by atoms with Crippen molar-refractivity contribution in [1.82, 2.24) is 19.8 Å². The first kappa shape index (κ1) is 13.0. The molecule has 2 fully saturated rings. The van der Waals surface area contributed by atoms with Crippen molar-refractivity contribution in [3.8, 4) is 0 Å². The summed E-state index contributed by atoms with van der Waals surface area (Å²) in [7, 11) is 0. The molecule has 2 aliphatic heterocycles. The summed E-state index contributed by atoms with van der Waals surface area (Å²) in [5.74, 6) is 0.876. The van der Waals surface area contributed by atoms with Gasteiger partial charge in [-0.25, -0.2) is 9.97 Å². The lowest BCUT2D eigenvalue weighted by atomic mass is 9.97. The molecule has 1 aromatic heterocycles. The van der Waals surface area contributed by atoms with Gasteiger partial charge in [-0.2, -0.15) is 0 Å². The summed E-state index contributed by atoms with van der Waals surface area (Å²) in [6, 6.07) is 3.45. The van der Waals surface area contributed by atoms with Crippen molar-refractivity contribution in [3.63, 3.8) is 0 Å². The highest BCUT2D eigenvalue weighted by atomic mass is 15.3. The van der Waals surface area contributed by atoms with E-state index in [4.69, 9.17) is 0 Å². The lowest BCUT2D eigenvalue weighted by Gasteiger charge is -2.47. The van der Waals surface area contributed by atoms with Crippen molar-refractivity contribution in [2.75, 3.05) is 19.6 Å². The first-order valence-corrected chi connectivity index (χ1v) is 7.49. The third-order valence-corrected chi connectivity index (χ3v) is 4.52. The zero-order valence-electron chi connectivity index (χ0n) is 12.0. The van der Waals surface area contributed by atoms with E-state index >= 15 is 0 Å². The van der Waals surface area contributed by atoms with Crippen LogP contribution in [0.4, 0.5) is 0 Å². The normalized spacial score (nSPS) is 29.2. The van der Waals surface area contributed by atoms with Gasteiger partial charge in [0, 0.05) is 37.9 Å². The van der Waals surface area contributed by atoms with Crippen molar-refractivity contribution in [3.05, 3.63) is 23.8 Å². The van der Waals surface area contributed by atoms with Gasteiger partial charge in [-0.3, -0.25) is 9.80 Å². The van der Waals surface area contributed by atoms with Gasteiger partial charge in [0.1, 0.15) is 5.82 Å². The molecule has 0 radical (unpaired) electrons. The van der Waals surface area contributed by atoms with Crippen molar-refractivity contribution >= 4 is 0 Å². The minimum atomic E-state index is 0.629. The number of fused-ring (bicyclic) bond motifs is 1. The van der Waals surface area contributed by atoms with Crippen molar-refractivity contribution in [2.24, 2.45) is 0 Å². The molecule has 0 aliphatic carbocycles. The predicted molar refractivity (Wildman–Crippen MR) is 75.9 cm³/mol. The Morgan fingerprint density at radius 3 is 3.05 bits per heavy atom.